The average molecular weight is 435 g/mol. The maximum Gasteiger partial charge on any atom is 0.191 e. The highest BCUT2D eigenvalue weighted by Gasteiger charge is 1.97. The highest BCUT2D eigenvalue weighted by atomic mass is 127. The summed E-state index contributed by atoms with van der Waals surface area (Å²) in [6, 6.07) is 8.07. The maximum atomic E-state index is 5.66. The van der Waals surface area contributed by atoms with Crippen molar-refractivity contribution in [1.29, 1.82) is 0 Å². The Morgan fingerprint density at radius 2 is 1.74 bits per heavy atom. The van der Waals surface area contributed by atoms with E-state index in [1.807, 2.05) is 31.2 Å². The van der Waals surface area contributed by atoms with Gasteiger partial charge in [0.15, 0.2) is 5.96 Å². The average Bonchev–Trinajstić information content (AvgIpc) is 2.54. The number of hydrogen-bond acceptors (Lipinski definition) is 3. The van der Waals surface area contributed by atoms with Gasteiger partial charge in [-0.15, -0.1) is 24.0 Å². The van der Waals surface area contributed by atoms with Crippen LogP contribution in [0.4, 0.5) is 0 Å². The van der Waals surface area contributed by atoms with Gasteiger partial charge in [0.2, 0.25) is 0 Å². The van der Waals surface area contributed by atoms with Crippen LogP contribution < -0.4 is 15.4 Å². The molecule has 2 N–H and O–H groups in total. The van der Waals surface area contributed by atoms with Gasteiger partial charge in [-0.05, 0) is 38.8 Å². The third-order valence-corrected chi connectivity index (χ3v) is 3.12. The number of benzene rings is 1. The van der Waals surface area contributed by atoms with Gasteiger partial charge in [-0.25, -0.2) is 0 Å². The minimum atomic E-state index is 0. The molecule has 132 valence electrons. The molecule has 0 unspecified atom stereocenters. The predicted molar refractivity (Wildman–Crippen MR) is 107 cm³/mol. The molecule has 23 heavy (non-hydrogen) atoms. The first-order valence-corrected chi connectivity index (χ1v) is 7.98. The van der Waals surface area contributed by atoms with Crippen LogP contribution >= 0.6 is 24.0 Å². The fourth-order valence-corrected chi connectivity index (χ4v) is 1.87. The molecule has 0 aliphatic rings. The predicted octanol–water partition coefficient (Wildman–Crippen LogP) is 2.97. The van der Waals surface area contributed by atoms with E-state index in [1.165, 1.54) is 5.56 Å². The quantitative estimate of drug-likeness (QED) is 0.257. The second-order valence-corrected chi connectivity index (χ2v) is 4.99. The number of hydrogen-bond donors (Lipinski definition) is 2. The van der Waals surface area contributed by atoms with Crippen molar-refractivity contribution in [3.8, 4) is 5.75 Å². The summed E-state index contributed by atoms with van der Waals surface area (Å²) in [6.07, 6.45) is 2.13. The lowest BCUT2D eigenvalue weighted by Gasteiger charge is -2.12. The van der Waals surface area contributed by atoms with Crippen LogP contribution in [0.2, 0.25) is 0 Å². The number of halogens is 1. The van der Waals surface area contributed by atoms with Crippen LogP contribution in [-0.4, -0.2) is 45.9 Å². The van der Waals surface area contributed by atoms with E-state index in [0.29, 0.717) is 13.2 Å². The first-order chi connectivity index (χ1) is 10.8. The van der Waals surface area contributed by atoms with Crippen molar-refractivity contribution in [3.63, 3.8) is 0 Å². The lowest BCUT2D eigenvalue weighted by Crippen LogP contribution is -2.39. The molecule has 0 spiro atoms. The summed E-state index contributed by atoms with van der Waals surface area (Å²) in [4.78, 5) is 4.19. The summed E-state index contributed by atoms with van der Waals surface area (Å²) < 4.78 is 11.0. The van der Waals surface area contributed by atoms with E-state index in [2.05, 4.69) is 22.5 Å². The maximum absolute atomic E-state index is 5.66. The molecule has 1 aromatic carbocycles. The zero-order valence-corrected chi connectivity index (χ0v) is 16.8. The van der Waals surface area contributed by atoms with Gasteiger partial charge in [0.1, 0.15) is 12.4 Å². The van der Waals surface area contributed by atoms with Gasteiger partial charge in [-0.2, -0.15) is 0 Å². The molecule has 6 heteroatoms. The molecular weight excluding hydrogens is 405 g/mol. The minimum absolute atomic E-state index is 0. The molecule has 0 heterocycles. The molecule has 1 aromatic rings. The fourth-order valence-electron chi connectivity index (χ4n) is 1.87. The molecule has 5 nitrogen and oxygen atoms in total. The van der Waals surface area contributed by atoms with Gasteiger partial charge in [0.25, 0.3) is 0 Å². The van der Waals surface area contributed by atoms with E-state index in [-0.39, 0.29) is 24.0 Å². The van der Waals surface area contributed by atoms with Gasteiger partial charge in [-0.3, -0.25) is 4.99 Å². The Kier molecular flexibility index (Phi) is 13.9. The Morgan fingerprint density at radius 3 is 2.39 bits per heavy atom. The van der Waals surface area contributed by atoms with Gasteiger partial charge in [0, 0.05) is 26.8 Å². The standard InChI is InChI=1S/C17H29N3O2.HI/c1-4-21-13-6-5-11-19-17(18-3)20-12-14-22-16-9-7-15(2)8-10-16;/h7-10H,4-6,11-14H2,1-3H3,(H2,18,19,20);1H. The number of unbranched alkanes of at least 4 members (excludes halogenated alkanes) is 1. The van der Waals surface area contributed by atoms with Gasteiger partial charge in [-0.1, -0.05) is 17.7 Å². The molecule has 0 fully saturated rings. The Labute approximate surface area is 157 Å². The molecule has 0 saturated carbocycles. The Bertz CT molecular complexity index is 424. The van der Waals surface area contributed by atoms with Crippen molar-refractivity contribution in [1.82, 2.24) is 10.6 Å². The summed E-state index contributed by atoms with van der Waals surface area (Å²) in [5.74, 6) is 1.70. The normalized spacial score (nSPS) is 10.8. The first kappa shape index (κ1) is 22.0. The number of guanidine groups is 1. The molecule has 0 aliphatic heterocycles. The molecule has 0 radical (unpaired) electrons. The molecule has 0 amide bonds. The highest BCUT2D eigenvalue weighted by molar-refractivity contribution is 14.0. The van der Waals surface area contributed by atoms with Crippen molar-refractivity contribution in [2.75, 3.05) is 40.0 Å². The number of aryl methyl sites for hydroxylation is 1. The van der Waals surface area contributed by atoms with Crippen LogP contribution in [0, 0.1) is 6.92 Å². The second-order valence-electron chi connectivity index (χ2n) is 4.99. The van der Waals surface area contributed by atoms with E-state index in [4.69, 9.17) is 9.47 Å². The third kappa shape index (κ3) is 11.2. The van der Waals surface area contributed by atoms with Crippen LogP contribution in [0.25, 0.3) is 0 Å². The molecule has 0 saturated heterocycles. The highest BCUT2D eigenvalue weighted by Crippen LogP contribution is 2.10. The Balaban J connectivity index is 0.00000484. The first-order valence-electron chi connectivity index (χ1n) is 7.98. The molecule has 0 atom stereocenters. The van der Waals surface area contributed by atoms with E-state index < -0.39 is 0 Å². The molecule has 0 bridgehead atoms. The van der Waals surface area contributed by atoms with Crippen LogP contribution in [0.15, 0.2) is 29.3 Å². The van der Waals surface area contributed by atoms with Crippen molar-refractivity contribution in [2.45, 2.75) is 26.7 Å². The number of ether oxygens (including phenoxy) is 2. The molecule has 0 aliphatic carbocycles. The largest absolute Gasteiger partial charge is 0.492 e. The monoisotopic (exact) mass is 435 g/mol. The third-order valence-electron chi connectivity index (χ3n) is 3.12. The van der Waals surface area contributed by atoms with Crippen LogP contribution in [0.1, 0.15) is 25.3 Å². The molecule has 1 rings (SSSR count). The molecular formula is C17H30IN3O2. The van der Waals surface area contributed by atoms with Crippen molar-refractivity contribution in [2.24, 2.45) is 4.99 Å². The number of rotatable bonds is 10. The van der Waals surface area contributed by atoms with Crippen LogP contribution in [0.5, 0.6) is 5.75 Å². The lowest BCUT2D eigenvalue weighted by atomic mass is 10.2. The zero-order chi connectivity index (χ0) is 16.0. The van der Waals surface area contributed by atoms with E-state index in [1.54, 1.807) is 7.05 Å². The topological polar surface area (TPSA) is 54.9 Å². The zero-order valence-electron chi connectivity index (χ0n) is 14.4. The SMILES string of the molecule is CCOCCCCNC(=NC)NCCOc1ccc(C)cc1.I. The van der Waals surface area contributed by atoms with Crippen molar-refractivity contribution in [3.05, 3.63) is 29.8 Å². The summed E-state index contributed by atoms with van der Waals surface area (Å²) in [5.41, 5.74) is 1.24. The smallest absolute Gasteiger partial charge is 0.191 e. The van der Waals surface area contributed by atoms with Gasteiger partial charge >= 0.3 is 0 Å². The summed E-state index contributed by atoms with van der Waals surface area (Å²) in [6.45, 7) is 7.91. The number of aliphatic imine (C=N–C) groups is 1. The van der Waals surface area contributed by atoms with Crippen LogP contribution in [0.3, 0.4) is 0 Å². The van der Waals surface area contributed by atoms with E-state index in [0.717, 1.165) is 44.3 Å². The summed E-state index contributed by atoms with van der Waals surface area (Å²) >= 11 is 0. The Morgan fingerprint density at radius 1 is 1.04 bits per heavy atom. The number of nitrogens with one attached hydrogen (secondary N) is 2. The lowest BCUT2D eigenvalue weighted by molar-refractivity contribution is 0.143. The Hall–Kier alpha value is -1.02. The van der Waals surface area contributed by atoms with Gasteiger partial charge < -0.3 is 20.1 Å². The van der Waals surface area contributed by atoms with Crippen molar-refractivity contribution >= 4 is 29.9 Å². The fraction of sp³-hybridized carbons (Fsp3) is 0.588. The minimum Gasteiger partial charge on any atom is -0.492 e. The van der Waals surface area contributed by atoms with E-state index in [9.17, 15) is 0 Å². The molecule has 0 aromatic heterocycles. The van der Waals surface area contributed by atoms with Gasteiger partial charge in [0.05, 0.1) is 6.54 Å². The van der Waals surface area contributed by atoms with Crippen molar-refractivity contribution < 1.29 is 9.47 Å². The second kappa shape index (κ2) is 14.6. The summed E-state index contributed by atoms with van der Waals surface area (Å²) in [7, 11) is 1.77. The van der Waals surface area contributed by atoms with Crippen LogP contribution in [-0.2, 0) is 4.74 Å². The number of nitrogens with zero attached hydrogens (tertiary/aromatic N) is 1. The van der Waals surface area contributed by atoms with E-state index >= 15 is 0 Å². The summed E-state index contributed by atoms with van der Waals surface area (Å²) in [5, 5.41) is 6.52.